The first kappa shape index (κ1) is 22.7. The Bertz CT molecular complexity index is 1160. The fraction of sp³-hybridized carbons (Fsp3) is 0.448. The lowest BCUT2D eigenvalue weighted by Gasteiger charge is -2.59. The fourth-order valence-electron chi connectivity index (χ4n) is 7.23. The highest BCUT2D eigenvalue weighted by Crippen LogP contribution is 2.61. The molecule has 7 rings (SSSR count). The first-order valence-electron chi connectivity index (χ1n) is 12.9. The summed E-state index contributed by atoms with van der Waals surface area (Å²) in [6, 6.07) is 20.3. The molecule has 4 fully saturated rings. The van der Waals surface area contributed by atoms with Crippen LogP contribution in [0.2, 0.25) is 0 Å². The van der Waals surface area contributed by atoms with E-state index in [0.29, 0.717) is 16.3 Å². The molecule has 1 N–H and O–H groups in total. The van der Waals surface area contributed by atoms with Crippen LogP contribution in [-0.4, -0.2) is 32.9 Å². The van der Waals surface area contributed by atoms with E-state index < -0.39 is 0 Å². The summed E-state index contributed by atoms with van der Waals surface area (Å²) in [6.07, 6.45) is 8.14. The van der Waals surface area contributed by atoms with Gasteiger partial charge in [0.05, 0.1) is 5.75 Å². The van der Waals surface area contributed by atoms with Gasteiger partial charge in [-0.3, -0.25) is 4.79 Å². The highest BCUT2D eigenvalue weighted by Gasteiger charge is 2.53. The first-order chi connectivity index (χ1) is 17.1. The molecule has 1 aromatic heterocycles. The second-order valence-corrected chi connectivity index (χ2v) is 11.8. The normalized spacial score (nSPS) is 27.5. The molecule has 1 heterocycles. The number of thioether (sulfide) groups is 1. The van der Waals surface area contributed by atoms with Crippen LogP contribution in [0.1, 0.15) is 45.4 Å². The van der Waals surface area contributed by atoms with Crippen molar-refractivity contribution in [3.63, 3.8) is 0 Å². The van der Waals surface area contributed by atoms with Gasteiger partial charge in [-0.05, 0) is 68.6 Å². The Kier molecular flexibility index (Phi) is 6.09. The lowest BCUT2D eigenvalue weighted by Crippen LogP contribution is -2.56. The summed E-state index contributed by atoms with van der Waals surface area (Å²) in [4.78, 5) is 17.8. The van der Waals surface area contributed by atoms with E-state index in [1.165, 1.54) is 50.3 Å². The monoisotopic (exact) mass is 484 g/mol. The van der Waals surface area contributed by atoms with Crippen molar-refractivity contribution in [1.82, 2.24) is 20.5 Å². The molecule has 4 aliphatic rings. The van der Waals surface area contributed by atoms with Crippen molar-refractivity contribution in [2.24, 2.45) is 23.2 Å². The van der Waals surface area contributed by atoms with E-state index in [-0.39, 0.29) is 11.9 Å². The van der Waals surface area contributed by atoms with Crippen LogP contribution >= 0.6 is 11.8 Å². The van der Waals surface area contributed by atoms with E-state index >= 15 is 0 Å². The van der Waals surface area contributed by atoms with Crippen molar-refractivity contribution in [3.8, 4) is 22.5 Å². The van der Waals surface area contributed by atoms with Crippen molar-refractivity contribution >= 4 is 17.7 Å². The van der Waals surface area contributed by atoms with E-state index in [1.807, 2.05) is 60.7 Å². The third-order valence-corrected chi connectivity index (χ3v) is 9.31. The molecule has 1 atom stereocenters. The third kappa shape index (κ3) is 4.61. The Morgan fingerprint density at radius 1 is 0.886 bits per heavy atom. The number of carbonyl (C=O) groups is 1. The standard InChI is InChI=1S/C29H32N4OS/c1-19(29-15-20-12-21(16-29)14-22(13-20)17-29)30-25(34)18-35-28-31-26(23-8-4-2-5-9-23)27(32-33-28)24-10-6-3-7-11-24/h2-11,19-22H,12-18H2,1H3,(H,30,34)/t19-,20?,21?,22?,29?/m0/s1. The second kappa shape index (κ2) is 9.38. The highest BCUT2D eigenvalue weighted by atomic mass is 32.2. The second-order valence-electron chi connectivity index (χ2n) is 10.9. The van der Waals surface area contributed by atoms with E-state index in [1.54, 1.807) is 0 Å². The SMILES string of the molecule is C[C@H](NC(=O)CSc1nnc(-c2ccccc2)c(-c2ccccc2)n1)C12CC3CC(CC(C3)C1)C2. The predicted octanol–water partition coefficient (Wildman–Crippen LogP) is 6.02. The van der Waals surface area contributed by atoms with Gasteiger partial charge in [0.25, 0.3) is 0 Å². The molecule has 0 spiro atoms. The minimum atomic E-state index is 0.0650. The molecule has 1 amide bonds. The number of aromatic nitrogens is 3. The topological polar surface area (TPSA) is 67.8 Å². The Morgan fingerprint density at radius 2 is 1.43 bits per heavy atom. The lowest BCUT2D eigenvalue weighted by molar-refractivity contribution is -0.123. The summed E-state index contributed by atoms with van der Waals surface area (Å²) in [6.45, 7) is 2.23. The van der Waals surface area contributed by atoms with Crippen LogP contribution in [0.5, 0.6) is 0 Å². The average molecular weight is 485 g/mol. The van der Waals surface area contributed by atoms with Gasteiger partial charge in [0.15, 0.2) is 0 Å². The zero-order valence-corrected chi connectivity index (χ0v) is 21.0. The van der Waals surface area contributed by atoms with Gasteiger partial charge in [-0.25, -0.2) is 4.98 Å². The number of amides is 1. The number of hydrogen-bond acceptors (Lipinski definition) is 5. The molecule has 0 unspecified atom stereocenters. The summed E-state index contributed by atoms with van der Waals surface area (Å²) >= 11 is 1.36. The molecular weight excluding hydrogens is 452 g/mol. The molecule has 4 aliphatic carbocycles. The molecule has 4 saturated carbocycles. The Morgan fingerprint density at radius 3 is 2.00 bits per heavy atom. The Hall–Kier alpha value is -2.73. The number of benzene rings is 2. The summed E-state index contributed by atoms with van der Waals surface area (Å²) in [5, 5.41) is 12.8. The van der Waals surface area contributed by atoms with Crippen molar-refractivity contribution < 1.29 is 4.79 Å². The minimum Gasteiger partial charge on any atom is -0.352 e. The molecule has 6 heteroatoms. The summed E-state index contributed by atoms with van der Waals surface area (Å²) in [7, 11) is 0. The van der Waals surface area contributed by atoms with Crippen LogP contribution < -0.4 is 5.32 Å². The van der Waals surface area contributed by atoms with Gasteiger partial charge in [-0.1, -0.05) is 72.4 Å². The summed E-state index contributed by atoms with van der Waals surface area (Å²) in [5.41, 5.74) is 3.82. The summed E-state index contributed by atoms with van der Waals surface area (Å²) in [5.74, 6) is 3.02. The van der Waals surface area contributed by atoms with Crippen molar-refractivity contribution in [1.29, 1.82) is 0 Å². The van der Waals surface area contributed by atoms with E-state index in [0.717, 1.165) is 40.3 Å². The molecule has 2 aromatic carbocycles. The number of carbonyl (C=O) groups excluding carboxylic acids is 1. The van der Waals surface area contributed by atoms with Gasteiger partial charge in [-0.2, -0.15) is 0 Å². The van der Waals surface area contributed by atoms with Crippen LogP contribution in [0, 0.1) is 23.2 Å². The quantitative estimate of drug-likeness (QED) is 0.416. The highest BCUT2D eigenvalue weighted by molar-refractivity contribution is 7.99. The Balaban J connectivity index is 1.15. The van der Waals surface area contributed by atoms with Gasteiger partial charge in [0.2, 0.25) is 11.1 Å². The molecule has 180 valence electrons. The van der Waals surface area contributed by atoms with Gasteiger partial charge in [0, 0.05) is 17.2 Å². The fourth-order valence-corrected chi connectivity index (χ4v) is 7.83. The Labute approximate surface area is 211 Å². The zero-order valence-electron chi connectivity index (χ0n) is 20.2. The van der Waals surface area contributed by atoms with Gasteiger partial charge >= 0.3 is 0 Å². The van der Waals surface area contributed by atoms with Gasteiger partial charge < -0.3 is 5.32 Å². The molecule has 0 radical (unpaired) electrons. The van der Waals surface area contributed by atoms with Gasteiger partial charge in [0.1, 0.15) is 11.4 Å². The van der Waals surface area contributed by atoms with Crippen LogP contribution in [0.4, 0.5) is 0 Å². The molecule has 4 bridgehead atoms. The largest absolute Gasteiger partial charge is 0.352 e. The van der Waals surface area contributed by atoms with E-state index in [2.05, 4.69) is 22.4 Å². The molecule has 3 aromatic rings. The minimum absolute atomic E-state index is 0.0650. The van der Waals surface area contributed by atoms with E-state index in [9.17, 15) is 4.79 Å². The maximum absolute atomic E-state index is 13.0. The van der Waals surface area contributed by atoms with Crippen LogP contribution in [0.3, 0.4) is 0 Å². The van der Waals surface area contributed by atoms with Crippen molar-refractivity contribution in [3.05, 3.63) is 60.7 Å². The van der Waals surface area contributed by atoms with Crippen molar-refractivity contribution in [2.45, 2.75) is 56.6 Å². The molecular formula is C29H32N4OS. The van der Waals surface area contributed by atoms with Crippen LogP contribution in [-0.2, 0) is 4.79 Å². The smallest absolute Gasteiger partial charge is 0.230 e. The first-order valence-corrected chi connectivity index (χ1v) is 13.8. The number of hydrogen-bond donors (Lipinski definition) is 1. The molecule has 5 nitrogen and oxygen atoms in total. The van der Waals surface area contributed by atoms with E-state index in [4.69, 9.17) is 4.98 Å². The zero-order chi connectivity index (χ0) is 23.8. The van der Waals surface area contributed by atoms with Crippen molar-refractivity contribution in [2.75, 3.05) is 5.75 Å². The number of rotatable bonds is 7. The third-order valence-electron chi connectivity index (χ3n) is 8.48. The predicted molar refractivity (Wildman–Crippen MR) is 140 cm³/mol. The maximum atomic E-state index is 13.0. The summed E-state index contributed by atoms with van der Waals surface area (Å²) < 4.78 is 0. The molecule has 0 aliphatic heterocycles. The van der Waals surface area contributed by atoms with Crippen LogP contribution in [0.25, 0.3) is 22.5 Å². The van der Waals surface area contributed by atoms with Gasteiger partial charge in [-0.15, -0.1) is 10.2 Å². The molecule has 0 saturated heterocycles. The average Bonchev–Trinajstić information content (AvgIpc) is 2.87. The number of nitrogens with one attached hydrogen (secondary N) is 1. The lowest BCUT2D eigenvalue weighted by atomic mass is 9.48. The maximum Gasteiger partial charge on any atom is 0.230 e. The van der Waals surface area contributed by atoms with Crippen LogP contribution in [0.15, 0.2) is 65.8 Å². The number of nitrogens with zero attached hydrogens (tertiary/aromatic N) is 3. The molecule has 35 heavy (non-hydrogen) atoms.